The molecule has 0 spiro atoms. The van der Waals surface area contributed by atoms with Crippen LogP contribution in [0.4, 0.5) is 0 Å². The molecular weight excluding hydrogens is 946 g/mol. The summed E-state index contributed by atoms with van der Waals surface area (Å²) in [7, 11) is 1.20. The Kier molecular flexibility index (Phi) is 24.4. The van der Waals surface area contributed by atoms with Crippen LogP contribution in [0.3, 0.4) is 0 Å². The van der Waals surface area contributed by atoms with Gasteiger partial charge in [-0.05, 0) is 113 Å². The molecule has 408 valence electrons. The Labute approximate surface area is 429 Å². The summed E-state index contributed by atoms with van der Waals surface area (Å²) in [6.07, 6.45) is 11.6. The van der Waals surface area contributed by atoms with Crippen LogP contribution in [0.25, 0.3) is 0 Å². The van der Waals surface area contributed by atoms with Gasteiger partial charge in [0.15, 0.2) is 11.6 Å². The van der Waals surface area contributed by atoms with Crippen molar-refractivity contribution in [2.75, 3.05) is 41.1 Å². The highest BCUT2D eigenvalue weighted by Gasteiger charge is 2.53. The number of nitrogens with zero attached hydrogens (tertiary/aromatic N) is 1. The van der Waals surface area contributed by atoms with Crippen LogP contribution in [-0.4, -0.2) is 140 Å². The first-order valence-corrected chi connectivity index (χ1v) is 28.4. The molecule has 3 fully saturated rings. The maximum Gasteiger partial charge on any atom is 0.329 e. The summed E-state index contributed by atoms with van der Waals surface area (Å²) < 4.78 is 54.4. The summed E-state index contributed by atoms with van der Waals surface area (Å²) in [5.74, 6) is -8.22. The van der Waals surface area contributed by atoms with Crippen LogP contribution < -0.4 is 0 Å². The maximum absolute atomic E-state index is 14.5. The first kappa shape index (κ1) is 61.4. The lowest BCUT2D eigenvalue weighted by Gasteiger charge is -2.42. The third-order valence-electron chi connectivity index (χ3n) is 15.3. The van der Waals surface area contributed by atoms with Crippen LogP contribution in [-0.2, 0) is 61.3 Å². The molecule has 16 nitrogen and oxygen atoms in total. The second kappa shape index (κ2) is 28.6. The van der Waals surface area contributed by atoms with Crippen molar-refractivity contribution in [2.24, 2.45) is 35.5 Å². The Bertz CT molecular complexity index is 2000. The Morgan fingerprint density at radius 1 is 0.889 bits per heavy atom. The zero-order valence-electron chi connectivity index (χ0n) is 45.2. The molecule has 5 unspecified atom stereocenters. The lowest BCUT2D eigenvalue weighted by Crippen LogP contribution is -2.61. The first-order valence-electron chi connectivity index (χ1n) is 26.4. The zero-order valence-corrected chi connectivity index (χ0v) is 46.1. The van der Waals surface area contributed by atoms with Gasteiger partial charge in [0, 0.05) is 65.1 Å². The average Bonchev–Trinajstić information content (AvgIpc) is 3.35. The van der Waals surface area contributed by atoms with Crippen molar-refractivity contribution < 1.29 is 71.5 Å². The van der Waals surface area contributed by atoms with Gasteiger partial charge in [-0.25, -0.2) is 4.79 Å². The van der Waals surface area contributed by atoms with E-state index in [2.05, 4.69) is 0 Å². The Morgan fingerprint density at radius 3 is 2.28 bits per heavy atom. The Hall–Kier alpha value is -3.18. The van der Waals surface area contributed by atoms with Crippen LogP contribution in [0, 0.1) is 35.5 Å². The highest BCUT2D eigenvalue weighted by Crippen LogP contribution is 2.49. The molecule has 1 aliphatic carbocycles. The number of esters is 1. The van der Waals surface area contributed by atoms with Crippen molar-refractivity contribution in [2.45, 2.75) is 193 Å². The molecule has 0 aromatic rings. The summed E-state index contributed by atoms with van der Waals surface area (Å²) in [4.78, 5) is 72.4. The van der Waals surface area contributed by atoms with E-state index in [1.54, 1.807) is 41.1 Å². The fourth-order valence-electron chi connectivity index (χ4n) is 10.8. The number of ether oxygens (including phenoxy) is 5. The SMILES string of the molecule is CCCOP(C)(=O)O[C@@H]1CCC(C[C@@H](C)C2CC(=O)C(C)=CC(C)[C@@H](O)[C@@H](OC)C(=O)[C@H](C)C[C@H](C)C=CC=CC=C(C)[C@@H](OC)C[C@@H]3CC[C@@H](C)[C@@](O)(O3)C(=O)C(=O)N3CCCCC3C(=O)O2)C[C@H]1OC. The summed E-state index contributed by atoms with van der Waals surface area (Å²) in [6, 6.07) is -1.17. The van der Waals surface area contributed by atoms with E-state index in [1.807, 2.05) is 65.0 Å². The van der Waals surface area contributed by atoms with Gasteiger partial charge in [0.1, 0.15) is 18.2 Å². The van der Waals surface area contributed by atoms with E-state index in [4.69, 9.17) is 32.7 Å². The van der Waals surface area contributed by atoms with E-state index in [-0.39, 0.29) is 42.8 Å². The smallest absolute Gasteiger partial charge is 0.329 e. The van der Waals surface area contributed by atoms with Gasteiger partial charge in [0.25, 0.3) is 11.7 Å². The maximum atomic E-state index is 14.5. The van der Waals surface area contributed by atoms with Gasteiger partial charge in [-0.2, -0.15) is 0 Å². The fraction of sp³-hybridized carbons (Fsp3) is 0.764. The van der Waals surface area contributed by atoms with Gasteiger partial charge in [-0.1, -0.05) is 78.0 Å². The number of methoxy groups -OCH3 is 3. The quantitative estimate of drug-likeness (QED) is 0.113. The fourth-order valence-corrected chi connectivity index (χ4v) is 12.1. The second-order valence-corrected chi connectivity index (χ2v) is 23.3. The van der Waals surface area contributed by atoms with Gasteiger partial charge in [-0.3, -0.25) is 23.7 Å². The normalized spacial score (nSPS) is 36.2. The number of amides is 1. The minimum atomic E-state index is -3.33. The summed E-state index contributed by atoms with van der Waals surface area (Å²) >= 11 is 0. The lowest BCUT2D eigenvalue weighted by molar-refractivity contribution is -0.265. The van der Waals surface area contributed by atoms with Crippen LogP contribution in [0.1, 0.15) is 139 Å². The highest BCUT2D eigenvalue weighted by molar-refractivity contribution is 7.53. The number of aliphatic hydroxyl groups excluding tert-OH is 1. The number of aliphatic hydroxyl groups is 2. The van der Waals surface area contributed by atoms with Crippen LogP contribution in [0.15, 0.2) is 47.6 Å². The van der Waals surface area contributed by atoms with E-state index < -0.39 is 103 Å². The third-order valence-corrected chi connectivity index (χ3v) is 16.6. The minimum absolute atomic E-state index is 0.00915. The summed E-state index contributed by atoms with van der Waals surface area (Å²) in [5.41, 5.74) is 1.17. The molecule has 2 N–H and O–H groups in total. The van der Waals surface area contributed by atoms with Crippen molar-refractivity contribution in [3.63, 3.8) is 0 Å². The number of hydrogen-bond acceptors (Lipinski definition) is 15. The molecule has 16 atom stereocenters. The topological polar surface area (TPSA) is 211 Å². The lowest BCUT2D eigenvalue weighted by atomic mass is 9.78. The molecule has 2 saturated heterocycles. The number of rotatable bonds is 11. The van der Waals surface area contributed by atoms with Gasteiger partial charge in [-0.15, -0.1) is 0 Å². The number of carbonyl (C=O) groups is 5. The van der Waals surface area contributed by atoms with E-state index in [1.165, 1.54) is 18.7 Å². The van der Waals surface area contributed by atoms with Crippen molar-refractivity contribution >= 4 is 36.8 Å². The molecule has 2 bridgehead atoms. The van der Waals surface area contributed by atoms with E-state index in [0.29, 0.717) is 82.8 Å². The number of Topliss-reactive ketones (excluding diaryl/α,β-unsaturated/α-hetero) is 3. The molecule has 3 heterocycles. The van der Waals surface area contributed by atoms with E-state index in [9.17, 15) is 38.8 Å². The standard InChI is InChI=1S/C55H88NO15P/c1-13-27-68-72(12,64)71-45-25-23-41(31-48(45)66-10)30-37(5)47-33-44(57)36(4)29-39(7)50(59)51(67-11)49(58)38(6)28-34(2)19-15-14-16-20-35(3)46(65-9)32-42-24-22-40(8)55(63,70-42)52(60)53(61)56-26-18-17-21-43(56)54(62)69-47/h14-16,19-20,29,34,37-43,45-48,50-51,59,63H,13,17-18,21-28,30-33H2,1-12H3/t34-,37-,38-,39?,40-,41?,42+,43?,45-,46+,47?,48-,50-,51+,55-,72?/m1/s1. The van der Waals surface area contributed by atoms with Crippen molar-refractivity contribution in [1.29, 1.82) is 0 Å². The largest absolute Gasteiger partial charge is 0.460 e. The molecule has 0 aromatic carbocycles. The summed E-state index contributed by atoms with van der Waals surface area (Å²) in [6.45, 7) is 16.4. The molecule has 1 amide bonds. The van der Waals surface area contributed by atoms with Crippen molar-refractivity contribution in [1.82, 2.24) is 4.90 Å². The van der Waals surface area contributed by atoms with Crippen LogP contribution in [0.2, 0.25) is 0 Å². The molecule has 1 saturated carbocycles. The number of carbonyl (C=O) groups excluding carboxylic acids is 5. The monoisotopic (exact) mass is 1030 g/mol. The molecule has 72 heavy (non-hydrogen) atoms. The number of fused-ring (bicyclic) bond motifs is 3. The van der Waals surface area contributed by atoms with Gasteiger partial charge >= 0.3 is 13.6 Å². The van der Waals surface area contributed by atoms with Crippen LogP contribution >= 0.6 is 7.60 Å². The van der Waals surface area contributed by atoms with Crippen LogP contribution in [0.5, 0.6) is 0 Å². The minimum Gasteiger partial charge on any atom is -0.460 e. The summed E-state index contributed by atoms with van der Waals surface area (Å²) in [5, 5.41) is 23.5. The highest BCUT2D eigenvalue weighted by atomic mass is 31.2. The number of cyclic esters (lactones) is 1. The molecule has 4 aliphatic rings. The molecule has 0 radical (unpaired) electrons. The van der Waals surface area contributed by atoms with Crippen molar-refractivity contribution in [3.8, 4) is 0 Å². The number of ketones is 3. The predicted octanol–water partition coefficient (Wildman–Crippen LogP) is 8.45. The Balaban J connectivity index is 1.69. The molecular formula is C55H88NO15P. The molecule has 0 aromatic heterocycles. The average molecular weight is 1030 g/mol. The molecule has 4 rings (SSSR count). The van der Waals surface area contributed by atoms with Crippen molar-refractivity contribution in [3.05, 3.63) is 47.6 Å². The third kappa shape index (κ3) is 16.9. The van der Waals surface area contributed by atoms with E-state index in [0.717, 1.165) is 5.57 Å². The van der Waals surface area contributed by atoms with E-state index >= 15 is 0 Å². The zero-order chi connectivity index (χ0) is 53.5. The number of allylic oxidation sites excluding steroid dienone is 6. The molecule has 17 heteroatoms. The number of piperidine rings is 1. The first-order chi connectivity index (χ1) is 34.0. The van der Waals surface area contributed by atoms with Gasteiger partial charge < -0.3 is 47.8 Å². The predicted molar refractivity (Wildman–Crippen MR) is 274 cm³/mol. The van der Waals surface area contributed by atoms with Gasteiger partial charge in [0.2, 0.25) is 5.79 Å². The van der Waals surface area contributed by atoms with Gasteiger partial charge in [0.05, 0.1) is 37.1 Å². The Morgan fingerprint density at radius 2 is 1.61 bits per heavy atom. The molecule has 3 aliphatic heterocycles. The number of hydrogen-bond donors (Lipinski definition) is 2. The second-order valence-electron chi connectivity index (χ2n) is 21.3.